The third-order valence-corrected chi connectivity index (χ3v) is 9.92. The molecular formula is C32H33BrClN5O9. The van der Waals surface area contributed by atoms with Crippen LogP contribution in [-0.4, -0.2) is 101 Å². The highest BCUT2D eigenvalue weighted by molar-refractivity contribution is 9.10. The van der Waals surface area contributed by atoms with Crippen LogP contribution in [-0.2, 0) is 9.59 Å². The maximum atomic E-state index is 14.3. The molecule has 0 bridgehead atoms. The van der Waals surface area contributed by atoms with Gasteiger partial charge in [-0.15, -0.1) is 5.10 Å². The third-order valence-electron chi connectivity index (χ3n) is 9.21. The minimum absolute atomic E-state index is 0.00325. The summed E-state index contributed by atoms with van der Waals surface area (Å²) in [5.41, 5.74) is -1.78. The Bertz CT molecular complexity index is 1840. The maximum Gasteiger partial charge on any atom is 0.245 e. The van der Waals surface area contributed by atoms with E-state index in [0.29, 0.717) is 42.4 Å². The minimum Gasteiger partial charge on any atom is -0.507 e. The molecule has 1 spiro atoms. The number of aromatic hydroxyl groups is 1. The van der Waals surface area contributed by atoms with Crippen LogP contribution < -0.4 is 23.8 Å². The van der Waals surface area contributed by atoms with Crippen LogP contribution in [0.25, 0.3) is 0 Å². The van der Waals surface area contributed by atoms with Crippen molar-refractivity contribution >= 4 is 51.0 Å². The number of carbonyl (C=O) groups is 3. The van der Waals surface area contributed by atoms with E-state index in [1.165, 1.54) is 39.5 Å². The number of piperazine rings is 1. The maximum absolute atomic E-state index is 14.3. The lowest BCUT2D eigenvalue weighted by atomic mass is 9.69. The Labute approximate surface area is 288 Å². The van der Waals surface area contributed by atoms with Crippen molar-refractivity contribution in [2.45, 2.75) is 31.3 Å². The largest absolute Gasteiger partial charge is 0.507 e. The number of ketones is 2. The zero-order valence-electron chi connectivity index (χ0n) is 26.5. The van der Waals surface area contributed by atoms with E-state index in [1.807, 2.05) is 4.90 Å². The number of fused-ring (bicyclic) bond motifs is 1. The Morgan fingerprint density at radius 1 is 1.10 bits per heavy atom. The van der Waals surface area contributed by atoms with Crippen molar-refractivity contribution in [2.24, 2.45) is 5.92 Å². The lowest BCUT2D eigenvalue weighted by Crippen LogP contribution is -2.53. The number of benzene rings is 2. The molecule has 3 aliphatic rings. The fraction of sp³-hybridized carbons (Fsp3) is 0.406. The molecule has 0 radical (unpaired) electrons. The third kappa shape index (κ3) is 5.38. The Morgan fingerprint density at radius 2 is 1.79 bits per heavy atom. The highest BCUT2D eigenvalue weighted by atomic mass is 79.9. The fourth-order valence-corrected chi connectivity index (χ4v) is 7.18. The molecule has 48 heavy (non-hydrogen) atoms. The number of nitrogens with zero attached hydrogens (tertiary/aromatic N) is 4. The van der Waals surface area contributed by atoms with Gasteiger partial charge in [-0.1, -0.05) is 24.6 Å². The first-order valence-electron chi connectivity index (χ1n) is 15.1. The van der Waals surface area contributed by atoms with Gasteiger partial charge in [0.05, 0.1) is 21.3 Å². The van der Waals surface area contributed by atoms with E-state index >= 15 is 0 Å². The standard InChI is InChI=1S/C32H33BrClN5O9/c1-15-11-19(41)24(28(43)32(15)29(44)25-21(46-3)14-22(47-4)26(34)27(25)48-32)17(16-5-6-18(40)20(12-16)45-2)13-23(42)38-7-9-39(10-8-38)31-35-30(33)36-37-31/h5-6,12,14-15,17,40,43H,7-11,13H2,1-4H3,(H,35,36,37). The van der Waals surface area contributed by atoms with E-state index < -0.39 is 34.8 Å². The zero-order chi connectivity index (χ0) is 34.5. The average Bonchev–Trinajstić information content (AvgIpc) is 3.66. The second-order valence-corrected chi connectivity index (χ2v) is 12.9. The number of aromatic amines is 1. The van der Waals surface area contributed by atoms with E-state index in [-0.39, 0.29) is 63.7 Å². The lowest BCUT2D eigenvalue weighted by Gasteiger charge is -2.39. The molecule has 16 heteroatoms. The minimum atomic E-state index is -2.03. The van der Waals surface area contributed by atoms with Crippen LogP contribution in [0.4, 0.5) is 5.95 Å². The fourth-order valence-electron chi connectivity index (χ4n) is 6.67. The Balaban J connectivity index is 1.41. The summed E-state index contributed by atoms with van der Waals surface area (Å²) in [7, 11) is 4.15. The number of halogens is 2. The number of Topliss-reactive ketones (excluding diaryl/α,β-unsaturated/α-hetero) is 2. The number of methoxy groups -OCH3 is 3. The quantitative estimate of drug-likeness (QED) is 0.300. The second kappa shape index (κ2) is 12.8. The number of nitrogens with one attached hydrogen (secondary N) is 1. The Kier molecular flexibility index (Phi) is 8.94. The number of allylic oxidation sites excluding steroid dienone is 1. The number of amides is 1. The molecule has 1 aliphatic carbocycles. The zero-order valence-corrected chi connectivity index (χ0v) is 28.8. The van der Waals surface area contributed by atoms with Gasteiger partial charge >= 0.3 is 0 Å². The van der Waals surface area contributed by atoms with E-state index in [2.05, 4.69) is 31.1 Å². The van der Waals surface area contributed by atoms with Gasteiger partial charge in [0, 0.05) is 62.5 Å². The first-order valence-corrected chi connectivity index (χ1v) is 16.2. The van der Waals surface area contributed by atoms with Gasteiger partial charge in [-0.3, -0.25) is 19.5 Å². The average molecular weight is 747 g/mol. The van der Waals surface area contributed by atoms with Gasteiger partial charge < -0.3 is 39.0 Å². The van der Waals surface area contributed by atoms with Crippen molar-refractivity contribution in [1.29, 1.82) is 0 Å². The molecule has 254 valence electrons. The number of phenolic OH excluding ortho intramolecular Hbond substituents is 1. The smallest absolute Gasteiger partial charge is 0.245 e. The van der Waals surface area contributed by atoms with Crippen LogP contribution in [0, 0.1) is 5.92 Å². The van der Waals surface area contributed by atoms with E-state index in [1.54, 1.807) is 17.9 Å². The van der Waals surface area contributed by atoms with Crippen LogP contribution in [0.3, 0.4) is 0 Å². The number of H-pyrrole nitrogens is 1. The number of aliphatic hydroxyl groups excluding tert-OH is 1. The molecule has 6 rings (SSSR count). The predicted octanol–water partition coefficient (Wildman–Crippen LogP) is 4.21. The van der Waals surface area contributed by atoms with Crippen LogP contribution in [0.15, 0.2) is 40.3 Å². The monoisotopic (exact) mass is 745 g/mol. The molecule has 2 aliphatic heterocycles. The number of carbonyl (C=O) groups excluding carboxylic acids is 3. The molecule has 3 atom stereocenters. The van der Waals surface area contributed by atoms with Crippen molar-refractivity contribution in [1.82, 2.24) is 20.1 Å². The number of phenols is 1. The predicted molar refractivity (Wildman–Crippen MR) is 176 cm³/mol. The van der Waals surface area contributed by atoms with Crippen molar-refractivity contribution in [3.05, 3.63) is 56.5 Å². The molecule has 3 aromatic rings. The van der Waals surface area contributed by atoms with Gasteiger partial charge in [0.15, 0.2) is 33.5 Å². The molecule has 1 saturated heterocycles. The normalized spacial score (nSPS) is 21.3. The molecule has 1 amide bonds. The highest BCUT2D eigenvalue weighted by Gasteiger charge is 2.61. The van der Waals surface area contributed by atoms with Crippen LogP contribution in [0.5, 0.6) is 28.7 Å². The van der Waals surface area contributed by atoms with Gasteiger partial charge in [0.1, 0.15) is 22.1 Å². The van der Waals surface area contributed by atoms with Crippen LogP contribution >= 0.6 is 27.5 Å². The summed E-state index contributed by atoms with van der Waals surface area (Å²) in [6, 6.07) is 5.88. The highest BCUT2D eigenvalue weighted by Crippen LogP contribution is 2.56. The first kappa shape index (κ1) is 33.4. The summed E-state index contributed by atoms with van der Waals surface area (Å²) < 4.78 is 23.0. The Hall–Kier alpha value is -4.50. The molecule has 0 saturated carbocycles. The summed E-state index contributed by atoms with van der Waals surface area (Å²) in [5, 5.41) is 29.4. The van der Waals surface area contributed by atoms with Crippen LogP contribution in [0.1, 0.15) is 41.6 Å². The molecule has 1 fully saturated rings. The number of anilines is 1. The number of rotatable bonds is 8. The topological polar surface area (TPSA) is 177 Å². The number of hydrogen-bond donors (Lipinski definition) is 3. The molecule has 14 nitrogen and oxygen atoms in total. The van der Waals surface area contributed by atoms with Crippen molar-refractivity contribution in [2.75, 3.05) is 52.4 Å². The van der Waals surface area contributed by atoms with E-state index in [9.17, 15) is 24.6 Å². The molecule has 2 aromatic carbocycles. The Morgan fingerprint density at radius 3 is 2.42 bits per heavy atom. The van der Waals surface area contributed by atoms with Crippen LogP contribution in [0.2, 0.25) is 5.02 Å². The van der Waals surface area contributed by atoms with Gasteiger partial charge in [0.25, 0.3) is 0 Å². The summed E-state index contributed by atoms with van der Waals surface area (Å²) in [5.74, 6) is -3.15. The summed E-state index contributed by atoms with van der Waals surface area (Å²) in [6.45, 7) is 3.27. The van der Waals surface area contributed by atoms with Gasteiger partial charge in [0.2, 0.25) is 23.2 Å². The molecular weight excluding hydrogens is 714 g/mol. The summed E-state index contributed by atoms with van der Waals surface area (Å²) >= 11 is 9.85. The number of ether oxygens (including phenoxy) is 4. The van der Waals surface area contributed by atoms with E-state index in [0.717, 1.165) is 0 Å². The molecule has 3 N–H and O–H groups in total. The SMILES string of the molecule is COc1cc(C(CC(=O)N2CCN(c3n[nH]c(Br)n3)CC2)C2=C(O)C3(Oc4c(Cl)c(OC)cc(OC)c4C3=O)C(C)CC2=O)ccc1O. The number of aromatic nitrogens is 3. The number of hydrogen-bond acceptors (Lipinski definition) is 12. The van der Waals surface area contributed by atoms with Gasteiger partial charge in [-0.2, -0.15) is 4.98 Å². The summed E-state index contributed by atoms with van der Waals surface area (Å²) in [4.78, 5) is 50.1. The van der Waals surface area contributed by atoms with Crippen molar-refractivity contribution < 1.29 is 43.5 Å². The second-order valence-electron chi connectivity index (χ2n) is 11.7. The molecule has 3 heterocycles. The molecule has 1 aromatic heterocycles. The van der Waals surface area contributed by atoms with Gasteiger partial charge in [-0.05, 0) is 33.6 Å². The van der Waals surface area contributed by atoms with Crippen molar-refractivity contribution in [3.63, 3.8) is 0 Å². The first-order chi connectivity index (χ1) is 22.9. The number of aliphatic hydroxyl groups is 1. The summed E-state index contributed by atoms with van der Waals surface area (Å²) in [6.07, 6.45) is -0.421. The van der Waals surface area contributed by atoms with Crippen molar-refractivity contribution in [3.8, 4) is 28.7 Å². The van der Waals surface area contributed by atoms with Gasteiger partial charge in [-0.25, -0.2) is 0 Å². The molecule has 3 unspecified atom stereocenters. The lowest BCUT2D eigenvalue weighted by molar-refractivity contribution is -0.131. The van der Waals surface area contributed by atoms with E-state index in [4.69, 9.17) is 30.5 Å².